The number of aromatic amines is 1. The third kappa shape index (κ3) is 2.96. The van der Waals surface area contributed by atoms with Gasteiger partial charge in [-0.2, -0.15) is 5.10 Å². The molecule has 0 bridgehead atoms. The Morgan fingerprint density at radius 1 is 1.22 bits per heavy atom. The largest absolute Gasteiger partial charge is 0.341 e. The van der Waals surface area contributed by atoms with Gasteiger partial charge in [0.2, 0.25) is 5.91 Å². The van der Waals surface area contributed by atoms with Crippen LogP contribution in [0.25, 0.3) is 0 Å². The Kier molecular flexibility index (Phi) is 4.04. The highest BCUT2D eigenvalue weighted by molar-refractivity contribution is 5.85. The van der Waals surface area contributed by atoms with Gasteiger partial charge in [-0.15, -0.1) is 0 Å². The van der Waals surface area contributed by atoms with Crippen LogP contribution in [-0.2, 0) is 24.1 Å². The van der Waals surface area contributed by atoms with Gasteiger partial charge in [-0.05, 0) is 42.9 Å². The summed E-state index contributed by atoms with van der Waals surface area (Å²) in [6, 6.07) is 6.81. The van der Waals surface area contributed by atoms with Crippen molar-refractivity contribution in [2.75, 3.05) is 26.2 Å². The van der Waals surface area contributed by atoms with Crippen molar-refractivity contribution in [3.8, 4) is 0 Å². The molecule has 5 nitrogen and oxygen atoms in total. The zero-order chi connectivity index (χ0) is 18.4. The van der Waals surface area contributed by atoms with E-state index in [1.165, 1.54) is 35.9 Å². The van der Waals surface area contributed by atoms with Gasteiger partial charge in [0.05, 0.1) is 11.1 Å². The van der Waals surface area contributed by atoms with E-state index in [2.05, 4.69) is 15.5 Å². The van der Waals surface area contributed by atoms with E-state index in [1.807, 2.05) is 11.0 Å². The smallest absolute Gasteiger partial charge is 0.231 e. The van der Waals surface area contributed by atoms with Crippen LogP contribution < -0.4 is 5.32 Å². The highest BCUT2D eigenvalue weighted by Gasteiger charge is 2.47. The van der Waals surface area contributed by atoms with Gasteiger partial charge in [-0.3, -0.25) is 9.89 Å². The summed E-state index contributed by atoms with van der Waals surface area (Å²) in [5, 5.41) is 11.0. The van der Waals surface area contributed by atoms with Crippen LogP contribution in [0, 0.1) is 11.2 Å². The number of carbonyl (C=O) groups excluding carboxylic acids is 1. The summed E-state index contributed by atoms with van der Waals surface area (Å²) in [7, 11) is 0. The first-order valence-electron chi connectivity index (χ1n) is 9.96. The third-order valence-corrected chi connectivity index (χ3v) is 6.37. The zero-order valence-electron chi connectivity index (χ0n) is 15.4. The first-order chi connectivity index (χ1) is 13.2. The Balaban J connectivity index is 1.33. The Morgan fingerprint density at radius 2 is 2.00 bits per heavy atom. The van der Waals surface area contributed by atoms with Crippen LogP contribution >= 0.6 is 0 Å². The second kappa shape index (κ2) is 6.44. The van der Waals surface area contributed by atoms with Crippen molar-refractivity contribution in [3.63, 3.8) is 0 Å². The fourth-order valence-electron chi connectivity index (χ4n) is 4.53. The lowest BCUT2D eigenvalue weighted by molar-refractivity contribution is -0.145. The first kappa shape index (κ1) is 16.9. The highest BCUT2D eigenvalue weighted by Crippen LogP contribution is 2.42. The van der Waals surface area contributed by atoms with Crippen molar-refractivity contribution in [3.05, 3.63) is 52.6 Å². The molecule has 27 heavy (non-hydrogen) atoms. The van der Waals surface area contributed by atoms with Crippen molar-refractivity contribution in [2.45, 2.75) is 38.0 Å². The summed E-state index contributed by atoms with van der Waals surface area (Å²) in [6.07, 6.45) is 4.62. The number of H-pyrrole nitrogens is 1. The molecular formula is C21H25FN4O. The normalized spacial score (nSPS) is 21.3. The number of aromatic nitrogens is 2. The van der Waals surface area contributed by atoms with Crippen LogP contribution in [0.3, 0.4) is 0 Å². The molecule has 0 radical (unpaired) electrons. The van der Waals surface area contributed by atoms with E-state index in [9.17, 15) is 9.18 Å². The SMILES string of the molecule is O=C(N1CCc2[nH]nc(C3CC3)c2CC1)C1(Cc2ccccc2F)CNC1. The summed E-state index contributed by atoms with van der Waals surface area (Å²) in [6.45, 7) is 2.68. The van der Waals surface area contributed by atoms with Crippen LogP contribution in [-0.4, -0.2) is 47.2 Å². The van der Waals surface area contributed by atoms with E-state index in [0.29, 0.717) is 37.5 Å². The molecule has 1 aromatic heterocycles. The molecule has 1 saturated carbocycles. The van der Waals surface area contributed by atoms with E-state index in [0.717, 1.165) is 19.4 Å². The fourth-order valence-corrected chi connectivity index (χ4v) is 4.53. The van der Waals surface area contributed by atoms with Gasteiger partial charge in [0.1, 0.15) is 5.82 Å². The van der Waals surface area contributed by atoms with Crippen LogP contribution in [0.5, 0.6) is 0 Å². The van der Waals surface area contributed by atoms with Gasteiger partial charge in [-0.1, -0.05) is 18.2 Å². The van der Waals surface area contributed by atoms with Crippen molar-refractivity contribution in [1.82, 2.24) is 20.4 Å². The minimum atomic E-state index is -0.516. The lowest BCUT2D eigenvalue weighted by atomic mass is 9.75. The Morgan fingerprint density at radius 3 is 2.70 bits per heavy atom. The van der Waals surface area contributed by atoms with E-state index in [-0.39, 0.29) is 11.7 Å². The van der Waals surface area contributed by atoms with Crippen molar-refractivity contribution < 1.29 is 9.18 Å². The number of carbonyl (C=O) groups is 1. The molecule has 1 amide bonds. The molecule has 142 valence electrons. The minimum Gasteiger partial charge on any atom is -0.341 e. The average molecular weight is 368 g/mol. The maximum atomic E-state index is 14.2. The maximum absolute atomic E-state index is 14.2. The molecule has 2 fully saturated rings. The van der Waals surface area contributed by atoms with Gasteiger partial charge < -0.3 is 10.2 Å². The second-order valence-corrected chi connectivity index (χ2v) is 8.28. The van der Waals surface area contributed by atoms with E-state index < -0.39 is 5.41 Å². The zero-order valence-corrected chi connectivity index (χ0v) is 15.4. The molecule has 2 aromatic rings. The molecule has 3 aliphatic rings. The van der Waals surface area contributed by atoms with Gasteiger partial charge in [0.15, 0.2) is 0 Å². The lowest BCUT2D eigenvalue weighted by Gasteiger charge is -2.44. The highest BCUT2D eigenvalue weighted by atomic mass is 19.1. The van der Waals surface area contributed by atoms with E-state index in [1.54, 1.807) is 12.1 Å². The number of hydrogen-bond donors (Lipinski definition) is 2. The fraction of sp³-hybridized carbons (Fsp3) is 0.524. The maximum Gasteiger partial charge on any atom is 0.231 e. The predicted molar refractivity (Wildman–Crippen MR) is 100.0 cm³/mol. The number of rotatable bonds is 4. The molecule has 1 aliphatic carbocycles. The number of nitrogens with one attached hydrogen (secondary N) is 2. The van der Waals surface area contributed by atoms with Crippen LogP contribution in [0.1, 0.15) is 41.3 Å². The molecule has 1 aromatic carbocycles. The van der Waals surface area contributed by atoms with Crippen LogP contribution in [0.4, 0.5) is 4.39 Å². The molecule has 6 heteroatoms. The van der Waals surface area contributed by atoms with Crippen molar-refractivity contribution in [2.24, 2.45) is 5.41 Å². The van der Waals surface area contributed by atoms with Crippen molar-refractivity contribution in [1.29, 1.82) is 0 Å². The topological polar surface area (TPSA) is 61.0 Å². The first-order valence-corrected chi connectivity index (χ1v) is 9.96. The molecule has 2 aliphatic heterocycles. The minimum absolute atomic E-state index is 0.163. The summed E-state index contributed by atoms with van der Waals surface area (Å²) in [4.78, 5) is 15.4. The molecule has 3 heterocycles. The molecule has 0 atom stereocenters. The standard InChI is InChI=1S/C21H25FN4O/c22-17-4-2-1-3-15(17)11-21(12-23-13-21)20(27)26-9-7-16-18(8-10-26)24-25-19(16)14-5-6-14/h1-4,14,23H,5-13H2,(H,24,25). The molecule has 0 unspecified atom stereocenters. The van der Waals surface area contributed by atoms with Crippen molar-refractivity contribution >= 4 is 5.91 Å². The van der Waals surface area contributed by atoms with Crippen LogP contribution in [0.2, 0.25) is 0 Å². The number of hydrogen-bond acceptors (Lipinski definition) is 3. The summed E-state index contributed by atoms with van der Waals surface area (Å²) < 4.78 is 14.2. The number of benzene rings is 1. The molecule has 0 spiro atoms. The molecule has 5 rings (SSSR count). The molecule has 2 N–H and O–H groups in total. The number of fused-ring (bicyclic) bond motifs is 1. The second-order valence-electron chi connectivity index (χ2n) is 8.28. The van der Waals surface area contributed by atoms with E-state index in [4.69, 9.17) is 0 Å². The van der Waals surface area contributed by atoms with E-state index >= 15 is 0 Å². The third-order valence-electron chi connectivity index (χ3n) is 6.37. The molecular weight excluding hydrogens is 343 g/mol. The Labute approximate surface area is 158 Å². The number of amides is 1. The van der Waals surface area contributed by atoms with Crippen LogP contribution in [0.15, 0.2) is 24.3 Å². The monoisotopic (exact) mass is 368 g/mol. The Bertz CT molecular complexity index is 869. The average Bonchev–Trinajstić information content (AvgIpc) is 3.44. The molecule has 1 saturated heterocycles. The quantitative estimate of drug-likeness (QED) is 0.870. The number of halogens is 1. The van der Waals surface area contributed by atoms with Gasteiger partial charge >= 0.3 is 0 Å². The lowest BCUT2D eigenvalue weighted by Crippen LogP contribution is -2.63. The van der Waals surface area contributed by atoms with Gasteiger partial charge in [0, 0.05) is 44.2 Å². The Hall–Kier alpha value is -2.21. The number of nitrogens with zero attached hydrogens (tertiary/aromatic N) is 2. The predicted octanol–water partition coefficient (Wildman–Crippen LogP) is 2.19. The summed E-state index contributed by atoms with van der Waals surface area (Å²) >= 11 is 0. The summed E-state index contributed by atoms with van der Waals surface area (Å²) in [5.41, 5.74) is 3.88. The summed E-state index contributed by atoms with van der Waals surface area (Å²) in [5.74, 6) is 0.564. The van der Waals surface area contributed by atoms with Gasteiger partial charge in [-0.25, -0.2) is 4.39 Å². The van der Waals surface area contributed by atoms with Gasteiger partial charge in [0.25, 0.3) is 0 Å².